The fraction of sp³-hybridized carbons (Fsp3) is 0.516. The third kappa shape index (κ3) is 8.70. The van der Waals surface area contributed by atoms with Crippen LogP contribution in [0.2, 0.25) is 0 Å². The van der Waals surface area contributed by atoms with Crippen LogP contribution < -0.4 is 4.74 Å². The molecule has 0 spiro atoms. The summed E-state index contributed by atoms with van der Waals surface area (Å²) in [6.45, 7) is 0.543. The number of hydrogen-bond acceptors (Lipinski definition) is 14. The van der Waals surface area contributed by atoms with E-state index in [1.807, 2.05) is 0 Å². The molecule has 10 atom stereocenters. The number of hydrogen-bond donors (Lipinski definition) is 7. The van der Waals surface area contributed by atoms with Crippen LogP contribution in [0.1, 0.15) is 18.1 Å². The average Bonchev–Trinajstić information content (AvgIpc) is 3.03. The van der Waals surface area contributed by atoms with Crippen molar-refractivity contribution in [3.05, 3.63) is 59.7 Å². The zero-order valence-electron chi connectivity index (χ0n) is 24.8. The second-order valence-electron chi connectivity index (χ2n) is 10.8. The molecule has 248 valence electrons. The first-order valence-corrected chi connectivity index (χ1v) is 14.4. The van der Waals surface area contributed by atoms with Crippen LogP contribution in [-0.4, -0.2) is 130 Å². The second-order valence-corrected chi connectivity index (χ2v) is 10.8. The van der Waals surface area contributed by atoms with E-state index in [0.29, 0.717) is 12.0 Å². The van der Waals surface area contributed by atoms with Gasteiger partial charge in [0.15, 0.2) is 23.9 Å². The first kappa shape index (κ1) is 34.6. The Morgan fingerprint density at radius 2 is 1.62 bits per heavy atom. The van der Waals surface area contributed by atoms with Gasteiger partial charge in [-0.3, -0.25) is 0 Å². The standard InChI is InChI=1S/C31H40O14/c1-16-25(36)27(38)26(37)23(43-16)15-42-30-28(39)31(41-12-11-17-3-7-19(33)8-4-17)44-22(14-32)29(30)45-24(35)10-6-18-5-9-20(34)21(13-18)40-2/h3-10,13,16,22-23,25-34,36-39H,11-12,14-15H2,1-2H3. The highest BCUT2D eigenvalue weighted by molar-refractivity contribution is 5.87. The summed E-state index contributed by atoms with van der Waals surface area (Å²) in [6.07, 6.45) is -10.2. The van der Waals surface area contributed by atoms with Crippen LogP contribution in [0.3, 0.4) is 0 Å². The SMILES string of the molecule is COc1cc(C=CC(=O)OC2C(CO)OC(OCCc3ccc(O)cc3)C(O)C2OCC2OC(C)C(O)C(O)C2O)ccc1O. The van der Waals surface area contributed by atoms with Gasteiger partial charge in [0.25, 0.3) is 0 Å². The Hall–Kier alpha value is -3.31. The summed E-state index contributed by atoms with van der Waals surface area (Å²) in [5.41, 5.74) is 1.35. The summed E-state index contributed by atoms with van der Waals surface area (Å²) in [5, 5.41) is 71.4. The van der Waals surface area contributed by atoms with Gasteiger partial charge in [-0.05, 0) is 54.8 Å². The molecular weight excluding hydrogens is 596 g/mol. The Bertz CT molecular complexity index is 1270. The molecule has 14 heteroatoms. The van der Waals surface area contributed by atoms with Crippen molar-refractivity contribution in [2.75, 3.05) is 26.9 Å². The lowest BCUT2D eigenvalue weighted by molar-refractivity contribution is -0.315. The van der Waals surface area contributed by atoms with Gasteiger partial charge in [0.05, 0.1) is 33.0 Å². The van der Waals surface area contributed by atoms with Gasteiger partial charge in [-0.15, -0.1) is 0 Å². The van der Waals surface area contributed by atoms with Crippen molar-refractivity contribution in [2.24, 2.45) is 0 Å². The number of rotatable bonds is 12. The highest BCUT2D eigenvalue weighted by Crippen LogP contribution is 2.30. The van der Waals surface area contributed by atoms with Crippen molar-refractivity contribution < 1.29 is 69.0 Å². The Balaban J connectivity index is 1.49. The number of carbonyl (C=O) groups excluding carboxylic acids is 1. The number of phenolic OH excluding ortho intramolecular Hbond substituents is 2. The molecule has 0 aromatic heterocycles. The van der Waals surface area contributed by atoms with E-state index >= 15 is 0 Å². The molecule has 0 radical (unpaired) electrons. The summed E-state index contributed by atoms with van der Waals surface area (Å²) < 4.78 is 33.7. The zero-order valence-corrected chi connectivity index (χ0v) is 24.8. The zero-order chi connectivity index (χ0) is 32.7. The van der Waals surface area contributed by atoms with E-state index in [0.717, 1.165) is 11.6 Å². The van der Waals surface area contributed by atoms with E-state index in [-0.39, 0.29) is 23.9 Å². The number of esters is 1. The van der Waals surface area contributed by atoms with Crippen LogP contribution in [-0.2, 0) is 34.9 Å². The van der Waals surface area contributed by atoms with Gasteiger partial charge in [-0.1, -0.05) is 18.2 Å². The molecule has 4 rings (SSSR count). The lowest BCUT2D eigenvalue weighted by Crippen LogP contribution is -2.63. The smallest absolute Gasteiger partial charge is 0.331 e. The van der Waals surface area contributed by atoms with Crippen LogP contribution >= 0.6 is 0 Å². The van der Waals surface area contributed by atoms with E-state index in [4.69, 9.17) is 28.4 Å². The molecular formula is C31H40O14. The van der Waals surface area contributed by atoms with Crippen molar-refractivity contribution in [1.82, 2.24) is 0 Å². The van der Waals surface area contributed by atoms with Crippen molar-refractivity contribution in [1.29, 1.82) is 0 Å². The molecule has 0 bridgehead atoms. The van der Waals surface area contributed by atoms with Crippen LogP contribution in [0.4, 0.5) is 0 Å². The van der Waals surface area contributed by atoms with E-state index in [1.165, 1.54) is 44.4 Å². The van der Waals surface area contributed by atoms with Crippen LogP contribution in [0.5, 0.6) is 17.2 Å². The predicted molar refractivity (Wildman–Crippen MR) is 155 cm³/mol. The number of aliphatic hydroxyl groups is 5. The molecule has 7 N–H and O–H groups in total. The molecule has 0 saturated carbocycles. The number of aromatic hydroxyl groups is 2. The third-order valence-corrected chi connectivity index (χ3v) is 7.68. The molecule has 2 aromatic carbocycles. The molecule has 0 aliphatic carbocycles. The molecule has 14 nitrogen and oxygen atoms in total. The largest absolute Gasteiger partial charge is 0.508 e. The highest BCUT2D eigenvalue weighted by Gasteiger charge is 2.50. The first-order valence-electron chi connectivity index (χ1n) is 14.4. The number of benzene rings is 2. The van der Waals surface area contributed by atoms with Crippen LogP contribution in [0.25, 0.3) is 6.08 Å². The number of aliphatic hydroxyl groups excluding tert-OH is 5. The lowest BCUT2D eigenvalue weighted by Gasteiger charge is -2.44. The number of ether oxygens (including phenoxy) is 6. The summed E-state index contributed by atoms with van der Waals surface area (Å²) in [6, 6.07) is 10.9. The topological polar surface area (TPSA) is 214 Å². The van der Waals surface area contributed by atoms with Crippen molar-refractivity contribution in [3.8, 4) is 17.2 Å². The average molecular weight is 637 g/mol. The highest BCUT2D eigenvalue weighted by atomic mass is 16.7. The van der Waals surface area contributed by atoms with Crippen LogP contribution in [0.15, 0.2) is 48.5 Å². The van der Waals surface area contributed by atoms with Gasteiger partial charge >= 0.3 is 5.97 Å². The maximum absolute atomic E-state index is 12.9. The van der Waals surface area contributed by atoms with Gasteiger partial charge in [0, 0.05) is 6.08 Å². The minimum atomic E-state index is -1.55. The van der Waals surface area contributed by atoms with E-state index < -0.39 is 80.4 Å². The Kier molecular flexibility index (Phi) is 12.1. The Morgan fingerprint density at radius 1 is 0.889 bits per heavy atom. The Labute approximate surface area is 259 Å². The minimum absolute atomic E-state index is 0.0761. The molecule has 45 heavy (non-hydrogen) atoms. The normalized spacial score (nSPS) is 32.0. The monoisotopic (exact) mass is 636 g/mol. The van der Waals surface area contributed by atoms with E-state index in [9.17, 15) is 40.5 Å². The van der Waals surface area contributed by atoms with Gasteiger partial charge in [0.2, 0.25) is 0 Å². The van der Waals surface area contributed by atoms with Gasteiger partial charge in [0.1, 0.15) is 48.5 Å². The minimum Gasteiger partial charge on any atom is -0.508 e. The maximum atomic E-state index is 12.9. The predicted octanol–water partition coefficient (Wildman–Crippen LogP) is -0.376. The van der Waals surface area contributed by atoms with Gasteiger partial charge in [-0.2, -0.15) is 0 Å². The summed E-state index contributed by atoms with van der Waals surface area (Å²) in [5.74, 6) is -0.653. The van der Waals surface area contributed by atoms with Gasteiger partial charge in [-0.25, -0.2) is 4.79 Å². The number of methoxy groups -OCH3 is 1. The summed E-state index contributed by atoms with van der Waals surface area (Å²) in [7, 11) is 1.38. The molecule has 2 fully saturated rings. The second kappa shape index (κ2) is 15.8. The van der Waals surface area contributed by atoms with Gasteiger partial charge < -0.3 is 64.2 Å². The molecule has 2 aliphatic heterocycles. The molecule has 2 aliphatic rings. The fourth-order valence-corrected chi connectivity index (χ4v) is 5.08. The van der Waals surface area contributed by atoms with Crippen molar-refractivity contribution in [3.63, 3.8) is 0 Å². The quantitative estimate of drug-likeness (QED) is 0.117. The molecule has 2 heterocycles. The van der Waals surface area contributed by atoms with Crippen LogP contribution in [0, 0.1) is 0 Å². The van der Waals surface area contributed by atoms with Crippen molar-refractivity contribution >= 4 is 12.0 Å². The third-order valence-electron chi connectivity index (χ3n) is 7.68. The summed E-state index contributed by atoms with van der Waals surface area (Å²) >= 11 is 0. The molecule has 10 unspecified atom stereocenters. The van der Waals surface area contributed by atoms with Crippen molar-refractivity contribution in [2.45, 2.75) is 74.6 Å². The first-order chi connectivity index (χ1) is 21.5. The lowest BCUT2D eigenvalue weighted by atomic mass is 9.95. The molecule has 2 saturated heterocycles. The fourth-order valence-electron chi connectivity index (χ4n) is 5.08. The maximum Gasteiger partial charge on any atom is 0.331 e. The number of carbonyl (C=O) groups is 1. The molecule has 0 amide bonds. The van der Waals surface area contributed by atoms with E-state index in [1.54, 1.807) is 18.2 Å². The summed E-state index contributed by atoms with van der Waals surface area (Å²) in [4.78, 5) is 12.9. The number of phenols is 2. The Morgan fingerprint density at radius 3 is 2.31 bits per heavy atom. The van der Waals surface area contributed by atoms with E-state index in [2.05, 4.69) is 0 Å². The molecule has 2 aromatic rings.